The Balaban J connectivity index is 2.17. The van der Waals surface area contributed by atoms with Crippen LogP contribution >= 0.6 is 0 Å². The number of hydrogen-bond acceptors (Lipinski definition) is 2. The van der Waals surface area contributed by atoms with Crippen molar-refractivity contribution in [2.75, 3.05) is 7.05 Å². The standard InChI is InChI=1S/C11H13NO2/c1-12-11(13)10-6-8-4-2-3-5-9(8)7-14-10/h2-5,10H,6-7H2,1H3,(H,12,13). The summed E-state index contributed by atoms with van der Waals surface area (Å²) in [5, 5.41) is 2.60. The predicted molar refractivity (Wildman–Crippen MR) is 52.8 cm³/mol. The summed E-state index contributed by atoms with van der Waals surface area (Å²) in [4.78, 5) is 11.3. The molecule has 1 N–H and O–H groups in total. The first-order chi connectivity index (χ1) is 6.81. The van der Waals surface area contributed by atoms with E-state index in [4.69, 9.17) is 4.74 Å². The SMILES string of the molecule is CNC(=O)C1Cc2ccccc2CO1. The van der Waals surface area contributed by atoms with Crippen LogP contribution in [0, 0.1) is 0 Å². The Morgan fingerprint density at radius 2 is 2.14 bits per heavy atom. The van der Waals surface area contributed by atoms with E-state index in [1.807, 2.05) is 24.3 Å². The van der Waals surface area contributed by atoms with E-state index in [1.54, 1.807) is 7.05 Å². The van der Waals surface area contributed by atoms with E-state index in [-0.39, 0.29) is 12.0 Å². The van der Waals surface area contributed by atoms with Crippen LogP contribution in [0.5, 0.6) is 0 Å². The molecule has 3 nitrogen and oxygen atoms in total. The Kier molecular flexibility index (Phi) is 2.50. The van der Waals surface area contributed by atoms with Crippen molar-refractivity contribution in [2.45, 2.75) is 19.1 Å². The van der Waals surface area contributed by atoms with Crippen LogP contribution in [0.1, 0.15) is 11.1 Å². The molecule has 1 aliphatic heterocycles. The van der Waals surface area contributed by atoms with Gasteiger partial charge >= 0.3 is 0 Å². The third-order valence-corrected chi connectivity index (χ3v) is 2.50. The van der Waals surface area contributed by atoms with E-state index in [1.165, 1.54) is 11.1 Å². The van der Waals surface area contributed by atoms with Gasteiger partial charge in [-0.25, -0.2) is 0 Å². The van der Waals surface area contributed by atoms with Gasteiger partial charge in [-0.3, -0.25) is 4.79 Å². The van der Waals surface area contributed by atoms with Crippen molar-refractivity contribution in [2.24, 2.45) is 0 Å². The van der Waals surface area contributed by atoms with Gasteiger partial charge in [0.05, 0.1) is 6.61 Å². The number of fused-ring (bicyclic) bond motifs is 1. The summed E-state index contributed by atoms with van der Waals surface area (Å²) in [5.74, 6) is -0.0421. The number of likely N-dealkylation sites (N-methyl/N-ethyl adjacent to an activating group) is 1. The second kappa shape index (κ2) is 3.80. The van der Waals surface area contributed by atoms with Crippen molar-refractivity contribution in [3.8, 4) is 0 Å². The average molecular weight is 191 g/mol. The molecule has 0 radical (unpaired) electrons. The van der Waals surface area contributed by atoms with Crippen molar-refractivity contribution in [1.29, 1.82) is 0 Å². The van der Waals surface area contributed by atoms with Crippen LogP contribution in [-0.4, -0.2) is 19.1 Å². The maximum Gasteiger partial charge on any atom is 0.249 e. The van der Waals surface area contributed by atoms with Crippen LogP contribution in [-0.2, 0) is 22.6 Å². The molecule has 0 spiro atoms. The van der Waals surface area contributed by atoms with E-state index >= 15 is 0 Å². The molecule has 0 saturated carbocycles. The van der Waals surface area contributed by atoms with Crippen LogP contribution in [0.15, 0.2) is 24.3 Å². The molecule has 0 fully saturated rings. The number of nitrogens with one attached hydrogen (secondary N) is 1. The summed E-state index contributed by atoms with van der Waals surface area (Å²) in [7, 11) is 1.63. The highest BCUT2D eigenvalue weighted by Crippen LogP contribution is 2.19. The molecule has 1 aliphatic rings. The smallest absolute Gasteiger partial charge is 0.249 e. The summed E-state index contributed by atoms with van der Waals surface area (Å²) in [6.07, 6.45) is 0.352. The van der Waals surface area contributed by atoms with Crippen molar-refractivity contribution in [3.05, 3.63) is 35.4 Å². The van der Waals surface area contributed by atoms with E-state index in [9.17, 15) is 4.79 Å². The molecule has 1 unspecified atom stereocenters. The third-order valence-electron chi connectivity index (χ3n) is 2.50. The van der Waals surface area contributed by atoms with Crippen LogP contribution in [0.3, 0.4) is 0 Å². The first-order valence-corrected chi connectivity index (χ1v) is 4.71. The van der Waals surface area contributed by atoms with E-state index in [0.29, 0.717) is 13.0 Å². The highest BCUT2D eigenvalue weighted by Gasteiger charge is 2.23. The van der Waals surface area contributed by atoms with Crippen LogP contribution in [0.2, 0.25) is 0 Å². The van der Waals surface area contributed by atoms with Gasteiger partial charge in [0.1, 0.15) is 6.10 Å². The quantitative estimate of drug-likeness (QED) is 0.715. The molecule has 0 aromatic heterocycles. The monoisotopic (exact) mass is 191 g/mol. The number of carbonyl (C=O) groups is 1. The van der Waals surface area contributed by atoms with E-state index < -0.39 is 0 Å². The topological polar surface area (TPSA) is 38.3 Å². The van der Waals surface area contributed by atoms with Gasteiger partial charge in [0.2, 0.25) is 5.91 Å². The van der Waals surface area contributed by atoms with Crippen LogP contribution in [0.4, 0.5) is 0 Å². The van der Waals surface area contributed by atoms with Gasteiger partial charge in [0.15, 0.2) is 0 Å². The molecule has 0 aliphatic carbocycles. The Morgan fingerprint density at radius 1 is 1.43 bits per heavy atom. The summed E-state index contributed by atoms with van der Waals surface area (Å²) >= 11 is 0. The zero-order valence-electron chi connectivity index (χ0n) is 8.12. The molecule has 14 heavy (non-hydrogen) atoms. The fraction of sp³-hybridized carbons (Fsp3) is 0.364. The minimum Gasteiger partial charge on any atom is -0.363 e. The van der Waals surface area contributed by atoms with Gasteiger partial charge in [-0.15, -0.1) is 0 Å². The zero-order valence-corrected chi connectivity index (χ0v) is 8.12. The lowest BCUT2D eigenvalue weighted by molar-refractivity contribution is -0.133. The summed E-state index contributed by atoms with van der Waals surface area (Å²) in [6.45, 7) is 0.536. The molecular weight excluding hydrogens is 178 g/mol. The van der Waals surface area contributed by atoms with Crippen molar-refractivity contribution in [3.63, 3.8) is 0 Å². The molecule has 3 heteroatoms. The fourth-order valence-corrected chi connectivity index (χ4v) is 1.68. The van der Waals surface area contributed by atoms with Crippen LogP contribution < -0.4 is 5.32 Å². The second-order valence-corrected chi connectivity index (χ2v) is 3.39. The minimum absolute atomic E-state index is 0.0421. The lowest BCUT2D eigenvalue weighted by Crippen LogP contribution is -2.37. The Labute approximate surface area is 83.1 Å². The maximum absolute atomic E-state index is 11.3. The first-order valence-electron chi connectivity index (χ1n) is 4.71. The predicted octanol–water partition coefficient (Wildman–Crippen LogP) is 0.874. The lowest BCUT2D eigenvalue weighted by Gasteiger charge is -2.23. The number of hydrogen-bond donors (Lipinski definition) is 1. The van der Waals surface area contributed by atoms with Gasteiger partial charge in [-0.05, 0) is 11.1 Å². The Bertz CT molecular complexity index is 349. The van der Waals surface area contributed by atoms with Crippen molar-refractivity contribution in [1.82, 2.24) is 5.32 Å². The zero-order chi connectivity index (χ0) is 9.97. The van der Waals surface area contributed by atoms with Gasteiger partial charge < -0.3 is 10.1 Å². The highest BCUT2D eigenvalue weighted by molar-refractivity contribution is 5.81. The summed E-state index contributed by atoms with van der Waals surface area (Å²) < 4.78 is 5.45. The highest BCUT2D eigenvalue weighted by atomic mass is 16.5. The van der Waals surface area contributed by atoms with Gasteiger partial charge in [0.25, 0.3) is 0 Å². The summed E-state index contributed by atoms with van der Waals surface area (Å²) in [6, 6.07) is 8.07. The normalized spacial score (nSPS) is 19.9. The molecule has 0 saturated heterocycles. The largest absolute Gasteiger partial charge is 0.363 e. The van der Waals surface area contributed by atoms with E-state index in [0.717, 1.165) is 0 Å². The number of rotatable bonds is 1. The second-order valence-electron chi connectivity index (χ2n) is 3.39. The minimum atomic E-state index is -0.324. The molecule has 1 heterocycles. The van der Waals surface area contributed by atoms with Gasteiger partial charge in [0, 0.05) is 13.5 Å². The Hall–Kier alpha value is -1.35. The number of ether oxygens (including phenoxy) is 1. The molecule has 0 bridgehead atoms. The average Bonchev–Trinajstić information content (AvgIpc) is 2.27. The Morgan fingerprint density at radius 3 is 2.86 bits per heavy atom. The van der Waals surface area contributed by atoms with Crippen molar-refractivity contribution >= 4 is 5.91 Å². The molecule has 74 valence electrons. The molecule has 2 rings (SSSR count). The number of benzene rings is 1. The number of amides is 1. The fourth-order valence-electron chi connectivity index (χ4n) is 1.68. The van der Waals surface area contributed by atoms with E-state index in [2.05, 4.69) is 5.32 Å². The van der Waals surface area contributed by atoms with Crippen LogP contribution in [0.25, 0.3) is 0 Å². The molecular formula is C11H13NO2. The van der Waals surface area contributed by atoms with Gasteiger partial charge in [-0.2, -0.15) is 0 Å². The molecule has 1 atom stereocenters. The molecule has 1 amide bonds. The molecule has 1 aromatic rings. The van der Waals surface area contributed by atoms with Crippen molar-refractivity contribution < 1.29 is 9.53 Å². The lowest BCUT2D eigenvalue weighted by atomic mass is 9.99. The first kappa shape index (κ1) is 9.21. The third kappa shape index (κ3) is 1.63. The number of carbonyl (C=O) groups excluding carboxylic acids is 1. The maximum atomic E-state index is 11.3. The van der Waals surface area contributed by atoms with Gasteiger partial charge in [-0.1, -0.05) is 24.3 Å². The summed E-state index contributed by atoms with van der Waals surface area (Å²) in [5.41, 5.74) is 2.40. The molecule has 1 aromatic carbocycles.